The van der Waals surface area contributed by atoms with Crippen LogP contribution in [0.4, 0.5) is 0 Å². The highest BCUT2D eigenvalue weighted by Crippen LogP contribution is 2.25. The van der Waals surface area contributed by atoms with Crippen molar-refractivity contribution in [2.24, 2.45) is 5.92 Å². The molecule has 1 aliphatic rings. The molecule has 4 nitrogen and oxygen atoms in total. The Morgan fingerprint density at radius 2 is 1.82 bits per heavy atom. The normalized spacial score (nSPS) is 16.8. The van der Waals surface area contributed by atoms with Crippen LogP contribution >= 0.6 is 0 Å². The highest BCUT2D eigenvalue weighted by atomic mass is 16.1. The molecule has 1 fully saturated rings. The second-order valence-corrected chi connectivity index (χ2v) is 7.67. The quantitative estimate of drug-likeness (QED) is 0.724. The second kappa shape index (κ2) is 8.53. The Bertz CT molecular complexity index is 927. The maximum atomic E-state index is 12.8. The number of hydrogen-bond acceptors (Lipinski definition) is 3. The number of likely N-dealkylation sites (tertiary alicyclic amines) is 1. The SMILES string of the molecule is CC(NC(=O)C1CCN(Cc2ccccn2)CC1)c1cccc2ccccc12. The van der Waals surface area contributed by atoms with Crippen LogP contribution in [0, 0.1) is 5.92 Å². The molecule has 2 aromatic carbocycles. The number of amides is 1. The van der Waals surface area contributed by atoms with Gasteiger partial charge < -0.3 is 5.32 Å². The lowest BCUT2D eigenvalue weighted by molar-refractivity contribution is -0.127. The number of aromatic nitrogens is 1. The fourth-order valence-corrected chi connectivity index (χ4v) is 4.11. The van der Waals surface area contributed by atoms with Crippen LogP contribution in [-0.2, 0) is 11.3 Å². The molecule has 2 heterocycles. The van der Waals surface area contributed by atoms with Crippen molar-refractivity contribution in [2.45, 2.75) is 32.4 Å². The average Bonchev–Trinajstić information content (AvgIpc) is 2.74. The van der Waals surface area contributed by atoms with Gasteiger partial charge in [0, 0.05) is 18.7 Å². The van der Waals surface area contributed by atoms with Crippen molar-refractivity contribution in [2.75, 3.05) is 13.1 Å². The van der Waals surface area contributed by atoms with Gasteiger partial charge in [-0.15, -0.1) is 0 Å². The molecule has 28 heavy (non-hydrogen) atoms. The summed E-state index contributed by atoms with van der Waals surface area (Å²) in [5.74, 6) is 0.273. The summed E-state index contributed by atoms with van der Waals surface area (Å²) in [4.78, 5) is 19.6. The Kier molecular flexibility index (Phi) is 5.68. The first kappa shape index (κ1) is 18.6. The molecule has 144 valence electrons. The summed E-state index contributed by atoms with van der Waals surface area (Å²) >= 11 is 0. The van der Waals surface area contributed by atoms with Crippen molar-refractivity contribution < 1.29 is 4.79 Å². The number of carbonyl (C=O) groups excluding carboxylic acids is 1. The minimum atomic E-state index is 0.00477. The highest BCUT2D eigenvalue weighted by molar-refractivity contribution is 5.87. The Hall–Kier alpha value is -2.72. The molecule has 3 aromatic rings. The molecule has 1 amide bonds. The van der Waals surface area contributed by atoms with Gasteiger partial charge in [0.25, 0.3) is 0 Å². The molecule has 4 heteroatoms. The third-order valence-electron chi connectivity index (χ3n) is 5.72. The molecule has 0 spiro atoms. The van der Waals surface area contributed by atoms with Gasteiger partial charge in [0.1, 0.15) is 0 Å². The van der Waals surface area contributed by atoms with Gasteiger partial charge in [-0.25, -0.2) is 0 Å². The van der Waals surface area contributed by atoms with Crippen LogP contribution in [0.15, 0.2) is 66.9 Å². The zero-order valence-electron chi connectivity index (χ0n) is 16.3. The molecule has 0 saturated carbocycles. The van der Waals surface area contributed by atoms with Gasteiger partial charge >= 0.3 is 0 Å². The molecule has 1 aromatic heterocycles. The fraction of sp³-hybridized carbons (Fsp3) is 0.333. The standard InChI is InChI=1S/C24H27N3O/c1-18(22-11-6-8-19-7-2-3-10-23(19)22)26-24(28)20-12-15-27(16-13-20)17-21-9-4-5-14-25-21/h2-11,14,18,20H,12-13,15-17H2,1H3,(H,26,28). The lowest BCUT2D eigenvalue weighted by Crippen LogP contribution is -2.41. The zero-order valence-corrected chi connectivity index (χ0v) is 16.3. The predicted octanol–water partition coefficient (Wildman–Crippen LogP) is 4.32. The maximum Gasteiger partial charge on any atom is 0.223 e. The molecule has 1 saturated heterocycles. The van der Waals surface area contributed by atoms with E-state index in [2.05, 4.69) is 64.6 Å². The van der Waals surface area contributed by atoms with Crippen molar-refractivity contribution in [1.82, 2.24) is 15.2 Å². The minimum absolute atomic E-state index is 0.00477. The van der Waals surface area contributed by atoms with Gasteiger partial charge in [-0.2, -0.15) is 0 Å². The summed E-state index contributed by atoms with van der Waals surface area (Å²) in [6, 6.07) is 20.7. The summed E-state index contributed by atoms with van der Waals surface area (Å²) in [6.45, 7) is 4.83. The highest BCUT2D eigenvalue weighted by Gasteiger charge is 2.26. The van der Waals surface area contributed by atoms with Crippen molar-refractivity contribution in [1.29, 1.82) is 0 Å². The summed E-state index contributed by atoms with van der Waals surface area (Å²) in [5, 5.41) is 5.68. The van der Waals surface area contributed by atoms with E-state index < -0.39 is 0 Å². The molecule has 1 aliphatic heterocycles. The smallest absolute Gasteiger partial charge is 0.223 e. The number of nitrogens with one attached hydrogen (secondary N) is 1. The molecule has 1 unspecified atom stereocenters. The van der Waals surface area contributed by atoms with Gasteiger partial charge in [0.2, 0.25) is 5.91 Å². The van der Waals surface area contributed by atoms with Gasteiger partial charge in [0.15, 0.2) is 0 Å². The van der Waals surface area contributed by atoms with Crippen LogP contribution in [0.3, 0.4) is 0 Å². The lowest BCUT2D eigenvalue weighted by atomic mass is 9.94. The van der Waals surface area contributed by atoms with E-state index in [0.717, 1.165) is 38.2 Å². The van der Waals surface area contributed by atoms with Crippen LogP contribution in [0.25, 0.3) is 10.8 Å². The number of pyridine rings is 1. The van der Waals surface area contributed by atoms with Gasteiger partial charge in [-0.1, -0.05) is 48.5 Å². The molecular formula is C24H27N3O. The monoisotopic (exact) mass is 373 g/mol. The van der Waals surface area contributed by atoms with E-state index in [9.17, 15) is 4.79 Å². The van der Waals surface area contributed by atoms with Crippen LogP contribution in [-0.4, -0.2) is 28.9 Å². The lowest BCUT2D eigenvalue weighted by Gasteiger charge is -2.31. The van der Waals surface area contributed by atoms with Gasteiger partial charge in [-0.05, 0) is 61.3 Å². The first-order valence-electron chi connectivity index (χ1n) is 10.1. The summed E-state index contributed by atoms with van der Waals surface area (Å²) < 4.78 is 0. The average molecular weight is 374 g/mol. The fourth-order valence-electron chi connectivity index (χ4n) is 4.11. The van der Waals surface area contributed by atoms with Crippen molar-refractivity contribution >= 4 is 16.7 Å². The van der Waals surface area contributed by atoms with Crippen LogP contribution in [0.1, 0.15) is 37.1 Å². The Labute approximate surface area is 166 Å². The van der Waals surface area contributed by atoms with E-state index in [-0.39, 0.29) is 17.9 Å². The first-order chi connectivity index (χ1) is 13.7. The van der Waals surface area contributed by atoms with E-state index in [1.165, 1.54) is 16.3 Å². The van der Waals surface area contributed by atoms with Crippen LogP contribution < -0.4 is 5.32 Å². The molecule has 0 bridgehead atoms. The Balaban J connectivity index is 1.34. The largest absolute Gasteiger partial charge is 0.349 e. The molecule has 1 atom stereocenters. The van der Waals surface area contributed by atoms with E-state index >= 15 is 0 Å². The van der Waals surface area contributed by atoms with Gasteiger partial charge in [-0.3, -0.25) is 14.7 Å². The number of carbonyl (C=O) groups is 1. The number of hydrogen-bond donors (Lipinski definition) is 1. The zero-order chi connectivity index (χ0) is 19.3. The maximum absolute atomic E-state index is 12.8. The summed E-state index contributed by atoms with van der Waals surface area (Å²) in [7, 11) is 0. The predicted molar refractivity (Wildman–Crippen MR) is 113 cm³/mol. The molecule has 0 radical (unpaired) electrons. The van der Waals surface area contributed by atoms with E-state index in [4.69, 9.17) is 0 Å². The topological polar surface area (TPSA) is 45.2 Å². The summed E-state index contributed by atoms with van der Waals surface area (Å²) in [5.41, 5.74) is 2.27. The van der Waals surface area contributed by atoms with Crippen LogP contribution in [0.5, 0.6) is 0 Å². The number of fused-ring (bicyclic) bond motifs is 1. The molecule has 0 aliphatic carbocycles. The third-order valence-corrected chi connectivity index (χ3v) is 5.72. The Morgan fingerprint density at radius 1 is 1.07 bits per heavy atom. The van der Waals surface area contributed by atoms with Crippen molar-refractivity contribution in [3.05, 3.63) is 78.1 Å². The summed E-state index contributed by atoms with van der Waals surface area (Å²) in [6.07, 6.45) is 3.64. The minimum Gasteiger partial charge on any atom is -0.349 e. The third kappa shape index (κ3) is 4.23. The molecule has 4 rings (SSSR count). The van der Waals surface area contributed by atoms with Crippen LogP contribution in [0.2, 0.25) is 0 Å². The number of rotatable bonds is 5. The van der Waals surface area contributed by atoms with E-state index in [1.807, 2.05) is 24.4 Å². The van der Waals surface area contributed by atoms with Gasteiger partial charge in [0.05, 0.1) is 11.7 Å². The number of benzene rings is 2. The van der Waals surface area contributed by atoms with Crippen molar-refractivity contribution in [3.63, 3.8) is 0 Å². The second-order valence-electron chi connectivity index (χ2n) is 7.67. The van der Waals surface area contributed by atoms with E-state index in [0.29, 0.717) is 0 Å². The number of nitrogens with zero attached hydrogens (tertiary/aromatic N) is 2. The Morgan fingerprint density at radius 3 is 2.61 bits per heavy atom. The molecular weight excluding hydrogens is 346 g/mol. The first-order valence-corrected chi connectivity index (χ1v) is 10.1. The van der Waals surface area contributed by atoms with E-state index in [1.54, 1.807) is 0 Å². The van der Waals surface area contributed by atoms with Crippen molar-refractivity contribution in [3.8, 4) is 0 Å². The number of piperidine rings is 1. The molecule has 1 N–H and O–H groups in total.